The number of hydrogen-bond acceptors (Lipinski definition) is 4. The van der Waals surface area contributed by atoms with Crippen molar-refractivity contribution >= 4 is 17.0 Å². The van der Waals surface area contributed by atoms with Gasteiger partial charge in [-0.15, -0.1) is 0 Å². The number of hydrogen-bond donors (Lipinski definition) is 0. The Kier molecular flexibility index (Phi) is 3.55. The Morgan fingerprint density at radius 1 is 1.13 bits per heavy atom. The van der Waals surface area contributed by atoms with E-state index in [0.29, 0.717) is 31.9 Å². The minimum Gasteiger partial charge on any atom is -0.462 e. The van der Waals surface area contributed by atoms with E-state index in [1.165, 1.54) is 0 Å². The van der Waals surface area contributed by atoms with Crippen LogP contribution in [0.25, 0.3) is 22.2 Å². The summed E-state index contributed by atoms with van der Waals surface area (Å²) in [5, 5.41) is 0. The molecule has 0 radical (unpaired) electrons. The lowest BCUT2D eigenvalue weighted by atomic mass is 10.0. The molecule has 0 spiro atoms. The van der Waals surface area contributed by atoms with Crippen molar-refractivity contribution in [2.45, 2.75) is 0 Å². The van der Waals surface area contributed by atoms with Gasteiger partial charge in [0.2, 0.25) is 0 Å². The zero-order valence-electron chi connectivity index (χ0n) is 12.6. The van der Waals surface area contributed by atoms with Crippen molar-refractivity contribution in [2.75, 3.05) is 26.3 Å². The maximum atomic E-state index is 12.6. The number of fused-ring (bicyclic) bond motifs is 1. The minimum atomic E-state index is 0.0416. The first-order valence-corrected chi connectivity index (χ1v) is 7.62. The monoisotopic (exact) mass is 308 g/mol. The summed E-state index contributed by atoms with van der Waals surface area (Å²) >= 11 is 0. The van der Waals surface area contributed by atoms with Crippen molar-refractivity contribution in [1.29, 1.82) is 0 Å². The fourth-order valence-corrected chi connectivity index (χ4v) is 2.87. The van der Waals surface area contributed by atoms with Crippen molar-refractivity contribution in [3.05, 3.63) is 54.4 Å². The molecule has 0 aliphatic carbocycles. The predicted octanol–water partition coefficient (Wildman–Crippen LogP) is 2.97. The molecule has 0 N–H and O–H groups in total. The summed E-state index contributed by atoms with van der Waals surface area (Å²) in [6, 6.07) is 11.4. The quantitative estimate of drug-likeness (QED) is 0.730. The van der Waals surface area contributed by atoms with E-state index in [1.807, 2.05) is 41.3 Å². The van der Waals surface area contributed by atoms with Gasteiger partial charge in [0.05, 0.1) is 19.5 Å². The van der Waals surface area contributed by atoms with Crippen LogP contribution in [-0.2, 0) is 4.74 Å². The van der Waals surface area contributed by atoms with Crippen LogP contribution in [0.3, 0.4) is 0 Å². The summed E-state index contributed by atoms with van der Waals surface area (Å²) in [6.07, 6.45) is 3.38. The van der Waals surface area contributed by atoms with Gasteiger partial charge in [0.1, 0.15) is 5.52 Å². The van der Waals surface area contributed by atoms with Crippen molar-refractivity contribution in [1.82, 2.24) is 9.88 Å². The number of morpholine rings is 1. The van der Waals surface area contributed by atoms with Crippen molar-refractivity contribution in [2.24, 2.45) is 0 Å². The molecule has 0 bridgehead atoms. The molecule has 1 saturated heterocycles. The van der Waals surface area contributed by atoms with Crippen molar-refractivity contribution < 1.29 is 13.9 Å². The van der Waals surface area contributed by atoms with Gasteiger partial charge in [0, 0.05) is 36.5 Å². The summed E-state index contributed by atoms with van der Waals surface area (Å²) in [4.78, 5) is 18.7. The maximum Gasteiger partial charge on any atom is 0.254 e. The molecule has 3 aromatic rings. The fourth-order valence-electron chi connectivity index (χ4n) is 2.87. The fraction of sp³-hybridized carbons (Fsp3) is 0.222. The van der Waals surface area contributed by atoms with Crippen LogP contribution in [0.5, 0.6) is 0 Å². The highest BCUT2D eigenvalue weighted by Crippen LogP contribution is 2.28. The van der Waals surface area contributed by atoms with Crippen LogP contribution in [0.15, 0.2) is 53.3 Å². The second-order valence-electron chi connectivity index (χ2n) is 5.48. The zero-order valence-corrected chi connectivity index (χ0v) is 12.6. The van der Waals surface area contributed by atoms with E-state index in [4.69, 9.17) is 9.15 Å². The average molecular weight is 308 g/mol. The molecule has 2 aromatic heterocycles. The molecule has 1 amide bonds. The Hall–Kier alpha value is -2.66. The number of ether oxygens (including phenoxy) is 1. The molecule has 5 heteroatoms. The molecule has 3 heterocycles. The zero-order chi connectivity index (χ0) is 15.6. The van der Waals surface area contributed by atoms with Gasteiger partial charge < -0.3 is 14.1 Å². The Morgan fingerprint density at radius 3 is 2.87 bits per heavy atom. The molecule has 4 rings (SSSR count). The molecule has 0 saturated carbocycles. The van der Waals surface area contributed by atoms with Crippen LogP contribution in [0.1, 0.15) is 10.4 Å². The number of amides is 1. The van der Waals surface area contributed by atoms with Crippen LogP contribution in [0.4, 0.5) is 0 Å². The number of aromatic nitrogens is 1. The van der Waals surface area contributed by atoms with Crippen molar-refractivity contribution in [3.63, 3.8) is 0 Å². The maximum absolute atomic E-state index is 12.6. The van der Waals surface area contributed by atoms with Crippen LogP contribution in [0.2, 0.25) is 0 Å². The number of pyridine rings is 1. The second kappa shape index (κ2) is 5.85. The van der Waals surface area contributed by atoms with Gasteiger partial charge in [-0.1, -0.05) is 12.1 Å². The minimum absolute atomic E-state index is 0.0416. The molecular formula is C18H16N2O3. The normalized spacial score (nSPS) is 15.0. The van der Waals surface area contributed by atoms with Gasteiger partial charge in [0.15, 0.2) is 5.58 Å². The highest BCUT2D eigenvalue weighted by atomic mass is 16.5. The van der Waals surface area contributed by atoms with Gasteiger partial charge in [-0.05, 0) is 23.8 Å². The van der Waals surface area contributed by atoms with E-state index in [2.05, 4.69) is 4.98 Å². The lowest BCUT2D eigenvalue weighted by molar-refractivity contribution is 0.0303. The molecule has 1 aliphatic rings. The van der Waals surface area contributed by atoms with E-state index in [1.54, 1.807) is 12.5 Å². The standard InChI is InChI=1S/C18H16N2O3/c21-18(20-7-10-22-11-8-20)14-3-1-2-13(12-14)15-4-6-19-16-5-9-23-17(15)16/h1-6,9,12H,7-8,10-11H2. The highest BCUT2D eigenvalue weighted by molar-refractivity contribution is 5.97. The number of nitrogens with zero attached hydrogens (tertiary/aromatic N) is 2. The first-order valence-electron chi connectivity index (χ1n) is 7.62. The largest absolute Gasteiger partial charge is 0.462 e. The third kappa shape index (κ3) is 2.59. The van der Waals surface area contributed by atoms with Gasteiger partial charge in [0.25, 0.3) is 5.91 Å². The summed E-state index contributed by atoms with van der Waals surface area (Å²) in [7, 11) is 0. The molecule has 23 heavy (non-hydrogen) atoms. The molecular weight excluding hydrogens is 292 g/mol. The van der Waals surface area contributed by atoms with E-state index in [0.717, 1.165) is 22.2 Å². The molecule has 0 unspecified atom stereocenters. The van der Waals surface area contributed by atoms with Gasteiger partial charge in [-0.2, -0.15) is 0 Å². The molecule has 1 aromatic carbocycles. The number of carbonyl (C=O) groups is 1. The highest BCUT2D eigenvalue weighted by Gasteiger charge is 2.19. The van der Waals surface area contributed by atoms with E-state index >= 15 is 0 Å². The summed E-state index contributed by atoms with van der Waals surface area (Å²) in [5.74, 6) is 0.0416. The first-order chi connectivity index (χ1) is 11.3. The number of rotatable bonds is 2. The Morgan fingerprint density at radius 2 is 2.00 bits per heavy atom. The van der Waals surface area contributed by atoms with Gasteiger partial charge in [-0.3, -0.25) is 9.78 Å². The molecule has 1 fully saturated rings. The molecule has 0 atom stereocenters. The summed E-state index contributed by atoms with van der Waals surface area (Å²) in [5.41, 5.74) is 4.12. The Labute approximate surface area is 133 Å². The lowest BCUT2D eigenvalue weighted by Gasteiger charge is -2.27. The number of carbonyl (C=O) groups excluding carboxylic acids is 1. The third-order valence-electron chi connectivity index (χ3n) is 4.06. The summed E-state index contributed by atoms with van der Waals surface area (Å²) < 4.78 is 10.9. The van der Waals surface area contributed by atoms with Crippen LogP contribution < -0.4 is 0 Å². The van der Waals surface area contributed by atoms with Crippen LogP contribution in [-0.4, -0.2) is 42.1 Å². The molecule has 116 valence electrons. The number of benzene rings is 1. The third-order valence-corrected chi connectivity index (χ3v) is 4.06. The van der Waals surface area contributed by atoms with Gasteiger partial charge >= 0.3 is 0 Å². The smallest absolute Gasteiger partial charge is 0.254 e. The molecule has 1 aliphatic heterocycles. The number of furan rings is 1. The van der Waals surface area contributed by atoms with E-state index in [-0.39, 0.29) is 5.91 Å². The summed E-state index contributed by atoms with van der Waals surface area (Å²) in [6.45, 7) is 2.48. The Bertz CT molecular complexity index is 850. The predicted molar refractivity (Wildman–Crippen MR) is 86.2 cm³/mol. The van der Waals surface area contributed by atoms with Gasteiger partial charge in [-0.25, -0.2) is 0 Å². The van der Waals surface area contributed by atoms with Crippen molar-refractivity contribution in [3.8, 4) is 11.1 Å². The van der Waals surface area contributed by atoms with Crippen LogP contribution in [0, 0.1) is 0 Å². The van der Waals surface area contributed by atoms with E-state index in [9.17, 15) is 4.79 Å². The van der Waals surface area contributed by atoms with E-state index < -0.39 is 0 Å². The topological polar surface area (TPSA) is 55.6 Å². The first kappa shape index (κ1) is 14.0. The average Bonchev–Trinajstić information content (AvgIpc) is 3.10. The molecule has 5 nitrogen and oxygen atoms in total. The SMILES string of the molecule is O=C(c1cccc(-c2ccnc3ccoc23)c1)N1CCOCC1. The second-order valence-corrected chi connectivity index (χ2v) is 5.48. The Balaban J connectivity index is 1.71. The lowest BCUT2D eigenvalue weighted by Crippen LogP contribution is -2.40. The van der Waals surface area contributed by atoms with Crippen LogP contribution >= 0.6 is 0 Å².